The van der Waals surface area contributed by atoms with E-state index in [0.29, 0.717) is 18.2 Å². The van der Waals surface area contributed by atoms with Gasteiger partial charge in [-0.2, -0.15) is 0 Å². The smallest absolute Gasteiger partial charge is 0.230 e. The number of rotatable bonds is 8. The number of hydrogen-bond donors (Lipinski definition) is 1. The second-order valence-corrected chi connectivity index (χ2v) is 6.68. The van der Waals surface area contributed by atoms with Gasteiger partial charge in [-0.1, -0.05) is 37.7 Å². The Hall–Kier alpha value is -2.02. The fourth-order valence-corrected chi connectivity index (χ4v) is 3.04. The molecule has 0 bridgehead atoms. The van der Waals surface area contributed by atoms with Crippen molar-refractivity contribution in [3.8, 4) is 17.1 Å². The maximum absolute atomic E-state index is 11.9. The fourth-order valence-electron chi connectivity index (χ4n) is 2.21. The van der Waals surface area contributed by atoms with Gasteiger partial charge in [0.1, 0.15) is 5.75 Å². The first kappa shape index (κ1) is 18.3. The number of nitrogens with zero attached hydrogens (tertiary/aromatic N) is 3. The summed E-state index contributed by atoms with van der Waals surface area (Å²) >= 11 is 1.40. The van der Waals surface area contributed by atoms with Crippen molar-refractivity contribution in [1.82, 2.24) is 20.1 Å². The van der Waals surface area contributed by atoms with E-state index in [1.807, 2.05) is 35.8 Å². The van der Waals surface area contributed by atoms with Gasteiger partial charge in [0.15, 0.2) is 11.0 Å². The molecule has 24 heavy (non-hydrogen) atoms. The van der Waals surface area contributed by atoms with Gasteiger partial charge in [0, 0.05) is 13.1 Å². The highest BCUT2D eigenvalue weighted by Crippen LogP contribution is 2.30. The van der Waals surface area contributed by atoms with Crippen LogP contribution in [0.3, 0.4) is 0 Å². The van der Waals surface area contributed by atoms with Crippen LogP contribution in [0, 0.1) is 5.92 Å². The van der Waals surface area contributed by atoms with Crippen LogP contribution in [-0.4, -0.2) is 40.1 Å². The number of ether oxygens (including phenoxy) is 1. The van der Waals surface area contributed by atoms with Crippen molar-refractivity contribution in [2.75, 3.05) is 19.4 Å². The molecule has 0 aliphatic heterocycles. The SMILES string of the molecule is CCn1c(SCC(=O)NCC(C)C)nnc1-c1ccccc1OC. The maximum atomic E-state index is 11.9. The number of benzene rings is 1. The van der Waals surface area contributed by atoms with Gasteiger partial charge in [-0.3, -0.25) is 4.79 Å². The number of para-hydroxylation sites is 1. The Morgan fingerprint density at radius 1 is 1.33 bits per heavy atom. The lowest BCUT2D eigenvalue weighted by molar-refractivity contribution is -0.118. The summed E-state index contributed by atoms with van der Waals surface area (Å²) in [4.78, 5) is 11.9. The van der Waals surface area contributed by atoms with Crippen molar-refractivity contribution < 1.29 is 9.53 Å². The molecule has 1 heterocycles. The lowest BCUT2D eigenvalue weighted by atomic mass is 10.2. The molecule has 130 valence electrons. The van der Waals surface area contributed by atoms with Crippen molar-refractivity contribution >= 4 is 17.7 Å². The Kier molecular flexibility index (Phi) is 6.66. The molecule has 0 aliphatic rings. The summed E-state index contributed by atoms with van der Waals surface area (Å²) < 4.78 is 7.41. The van der Waals surface area contributed by atoms with Crippen molar-refractivity contribution in [2.24, 2.45) is 5.92 Å². The molecular formula is C17H24N4O2S. The van der Waals surface area contributed by atoms with Crippen molar-refractivity contribution in [1.29, 1.82) is 0 Å². The number of aromatic nitrogens is 3. The van der Waals surface area contributed by atoms with Crippen LogP contribution < -0.4 is 10.1 Å². The minimum absolute atomic E-state index is 0.0122. The molecule has 0 saturated heterocycles. The first-order valence-corrected chi connectivity index (χ1v) is 9.01. The van der Waals surface area contributed by atoms with Gasteiger partial charge in [-0.25, -0.2) is 0 Å². The number of methoxy groups -OCH3 is 1. The summed E-state index contributed by atoms with van der Waals surface area (Å²) in [5.41, 5.74) is 0.894. The van der Waals surface area contributed by atoms with Crippen molar-refractivity contribution in [3.05, 3.63) is 24.3 Å². The lowest BCUT2D eigenvalue weighted by Gasteiger charge is -2.10. The van der Waals surface area contributed by atoms with Crippen LogP contribution >= 0.6 is 11.8 Å². The Balaban J connectivity index is 2.13. The number of amides is 1. The molecule has 0 radical (unpaired) electrons. The van der Waals surface area contributed by atoms with Crippen LogP contribution in [0.4, 0.5) is 0 Å². The van der Waals surface area contributed by atoms with E-state index < -0.39 is 0 Å². The molecule has 1 N–H and O–H groups in total. The largest absolute Gasteiger partial charge is 0.496 e. The molecule has 6 nitrogen and oxygen atoms in total. The van der Waals surface area contributed by atoms with E-state index in [1.165, 1.54) is 11.8 Å². The Morgan fingerprint density at radius 3 is 2.75 bits per heavy atom. The van der Waals surface area contributed by atoms with Crippen LogP contribution in [-0.2, 0) is 11.3 Å². The summed E-state index contributed by atoms with van der Waals surface area (Å²) in [6.45, 7) is 7.58. The van der Waals surface area contributed by atoms with Gasteiger partial charge in [-0.15, -0.1) is 10.2 Å². The molecule has 1 aromatic carbocycles. The summed E-state index contributed by atoms with van der Waals surface area (Å²) in [6, 6.07) is 7.72. The van der Waals surface area contributed by atoms with Crippen LogP contribution in [0.2, 0.25) is 0 Å². The average Bonchev–Trinajstić information content (AvgIpc) is 3.00. The van der Waals surface area contributed by atoms with Gasteiger partial charge in [0.2, 0.25) is 5.91 Å². The standard InChI is InChI=1S/C17H24N4O2S/c1-5-21-16(13-8-6-7-9-14(13)23-4)19-20-17(21)24-11-15(22)18-10-12(2)3/h6-9,12H,5,10-11H2,1-4H3,(H,18,22). The third kappa shape index (κ3) is 4.50. The van der Waals surface area contributed by atoms with E-state index in [4.69, 9.17) is 4.74 Å². The predicted molar refractivity (Wildman–Crippen MR) is 96.3 cm³/mol. The number of nitrogens with one attached hydrogen (secondary N) is 1. The molecule has 0 atom stereocenters. The third-order valence-corrected chi connectivity index (χ3v) is 4.39. The van der Waals surface area contributed by atoms with Crippen LogP contribution in [0.5, 0.6) is 5.75 Å². The highest BCUT2D eigenvalue weighted by molar-refractivity contribution is 7.99. The quantitative estimate of drug-likeness (QED) is 0.743. The number of carbonyl (C=O) groups excluding carboxylic acids is 1. The Labute approximate surface area is 147 Å². The molecule has 0 spiro atoms. The van der Waals surface area contributed by atoms with Crippen LogP contribution in [0.15, 0.2) is 29.4 Å². The highest BCUT2D eigenvalue weighted by atomic mass is 32.2. The summed E-state index contributed by atoms with van der Waals surface area (Å²) in [5.74, 6) is 2.29. The van der Waals surface area contributed by atoms with E-state index in [2.05, 4.69) is 29.4 Å². The lowest BCUT2D eigenvalue weighted by Crippen LogP contribution is -2.28. The van der Waals surface area contributed by atoms with E-state index in [9.17, 15) is 4.79 Å². The van der Waals surface area contributed by atoms with E-state index >= 15 is 0 Å². The molecule has 0 aliphatic carbocycles. The van der Waals surface area contributed by atoms with Gasteiger partial charge in [-0.05, 0) is 25.0 Å². The van der Waals surface area contributed by atoms with E-state index in [0.717, 1.165) is 28.8 Å². The zero-order chi connectivity index (χ0) is 17.5. The number of thioether (sulfide) groups is 1. The van der Waals surface area contributed by atoms with Crippen molar-refractivity contribution in [3.63, 3.8) is 0 Å². The predicted octanol–water partition coefficient (Wildman–Crippen LogP) is 2.84. The molecule has 2 rings (SSSR count). The minimum atomic E-state index is 0.0122. The number of carbonyl (C=O) groups is 1. The second-order valence-electron chi connectivity index (χ2n) is 5.74. The zero-order valence-corrected chi connectivity index (χ0v) is 15.4. The van der Waals surface area contributed by atoms with Gasteiger partial charge in [0.05, 0.1) is 18.4 Å². The minimum Gasteiger partial charge on any atom is -0.496 e. The maximum Gasteiger partial charge on any atom is 0.230 e. The molecule has 7 heteroatoms. The molecular weight excluding hydrogens is 324 g/mol. The molecule has 1 aromatic heterocycles. The monoisotopic (exact) mass is 348 g/mol. The Bertz CT molecular complexity index is 685. The second kappa shape index (κ2) is 8.73. The summed E-state index contributed by atoms with van der Waals surface area (Å²) in [5, 5.41) is 12.2. The molecule has 2 aromatic rings. The van der Waals surface area contributed by atoms with Gasteiger partial charge >= 0.3 is 0 Å². The Morgan fingerprint density at radius 2 is 2.08 bits per heavy atom. The van der Waals surface area contributed by atoms with Crippen LogP contribution in [0.25, 0.3) is 11.4 Å². The average molecular weight is 348 g/mol. The highest BCUT2D eigenvalue weighted by Gasteiger charge is 2.17. The van der Waals surface area contributed by atoms with E-state index in [1.54, 1.807) is 7.11 Å². The molecule has 0 saturated carbocycles. The van der Waals surface area contributed by atoms with E-state index in [-0.39, 0.29) is 5.91 Å². The number of hydrogen-bond acceptors (Lipinski definition) is 5. The summed E-state index contributed by atoms with van der Waals surface area (Å²) in [6.07, 6.45) is 0. The topological polar surface area (TPSA) is 69.0 Å². The zero-order valence-electron chi connectivity index (χ0n) is 14.6. The molecule has 1 amide bonds. The molecule has 0 unspecified atom stereocenters. The first-order valence-electron chi connectivity index (χ1n) is 8.02. The van der Waals surface area contributed by atoms with Crippen molar-refractivity contribution in [2.45, 2.75) is 32.5 Å². The summed E-state index contributed by atoms with van der Waals surface area (Å²) in [7, 11) is 1.64. The third-order valence-electron chi connectivity index (χ3n) is 3.42. The van der Waals surface area contributed by atoms with Crippen LogP contribution in [0.1, 0.15) is 20.8 Å². The normalized spacial score (nSPS) is 10.9. The fraction of sp³-hybridized carbons (Fsp3) is 0.471. The van der Waals surface area contributed by atoms with Gasteiger partial charge in [0.25, 0.3) is 0 Å². The van der Waals surface area contributed by atoms with Gasteiger partial charge < -0.3 is 14.6 Å². The molecule has 0 fully saturated rings. The first-order chi connectivity index (χ1) is 11.6.